The largest absolute Gasteiger partial charge is 0.377 e. The predicted octanol–water partition coefficient (Wildman–Crippen LogP) is 3.24. The summed E-state index contributed by atoms with van der Waals surface area (Å²) in [5, 5.41) is 15.4. The number of hydrogen-bond donors (Lipinski definition) is 1. The number of aryl methyl sites for hydroxylation is 1. The molecule has 6 rings (SSSR count). The number of pyridine rings is 1. The SMILES string of the molecule is Cc1nc(N[C@H](C)c2cccc(C(F)F)c2F)c2cc(C(=O)N3C4COCC3C4)c3nnnn3c2n1. The molecule has 2 bridgehead atoms. The van der Waals surface area contributed by atoms with Gasteiger partial charge in [0.1, 0.15) is 17.5 Å². The Bertz CT molecular complexity index is 1500. The Balaban J connectivity index is 1.45. The zero-order valence-electron chi connectivity index (χ0n) is 19.3. The van der Waals surface area contributed by atoms with Gasteiger partial charge in [-0.05, 0) is 36.8 Å². The van der Waals surface area contributed by atoms with Crippen molar-refractivity contribution < 1.29 is 22.7 Å². The van der Waals surface area contributed by atoms with E-state index in [9.17, 15) is 18.0 Å². The van der Waals surface area contributed by atoms with Crippen molar-refractivity contribution in [2.24, 2.45) is 0 Å². The molecular formula is C23H21F3N8O2. The van der Waals surface area contributed by atoms with E-state index in [1.54, 1.807) is 24.8 Å². The number of benzene rings is 1. The van der Waals surface area contributed by atoms with E-state index >= 15 is 0 Å². The molecule has 3 atom stereocenters. The maximum Gasteiger partial charge on any atom is 0.266 e. The highest BCUT2D eigenvalue weighted by Crippen LogP contribution is 2.35. The molecule has 2 fully saturated rings. The van der Waals surface area contributed by atoms with Crippen LogP contribution in [0.4, 0.5) is 19.0 Å². The van der Waals surface area contributed by atoms with Gasteiger partial charge in [0.15, 0.2) is 11.3 Å². The number of carbonyl (C=O) groups excluding carboxylic acids is 1. The van der Waals surface area contributed by atoms with Crippen LogP contribution in [0.5, 0.6) is 0 Å². The lowest BCUT2D eigenvalue weighted by Crippen LogP contribution is -2.65. The second-order valence-corrected chi connectivity index (χ2v) is 9.04. The molecule has 0 radical (unpaired) electrons. The van der Waals surface area contributed by atoms with Crippen LogP contribution in [0.15, 0.2) is 24.3 Å². The molecule has 2 unspecified atom stereocenters. The number of alkyl halides is 2. The van der Waals surface area contributed by atoms with Crippen molar-refractivity contribution in [1.82, 2.24) is 34.9 Å². The first-order chi connectivity index (χ1) is 17.3. The quantitative estimate of drug-likeness (QED) is 0.447. The Labute approximate surface area is 202 Å². The zero-order chi connectivity index (χ0) is 25.1. The lowest BCUT2D eigenvalue weighted by atomic mass is 9.90. The minimum Gasteiger partial charge on any atom is -0.377 e. The molecule has 0 spiro atoms. The summed E-state index contributed by atoms with van der Waals surface area (Å²) in [7, 11) is 0. The van der Waals surface area contributed by atoms with Gasteiger partial charge in [-0.25, -0.2) is 23.1 Å². The Hall–Kier alpha value is -3.87. The number of nitrogens with zero attached hydrogens (tertiary/aromatic N) is 7. The maximum absolute atomic E-state index is 14.8. The summed E-state index contributed by atoms with van der Waals surface area (Å²) < 4.78 is 48.1. The van der Waals surface area contributed by atoms with Crippen LogP contribution in [0, 0.1) is 12.7 Å². The smallest absolute Gasteiger partial charge is 0.266 e. The molecular weight excluding hydrogens is 477 g/mol. The van der Waals surface area contributed by atoms with Crippen LogP contribution in [0.1, 0.15) is 53.1 Å². The van der Waals surface area contributed by atoms with Gasteiger partial charge in [-0.2, -0.15) is 4.52 Å². The number of halogens is 3. The highest BCUT2D eigenvalue weighted by atomic mass is 19.3. The molecule has 3 aromatic heterocycles. The van der Waals surface area contributed by atoms with Crippen LogP contribution < -0.4 is 5.32 Å². The molecule has 1 amide bonds. The van der Waals surface area contributed by atoms with E-state index in [-0.39, 0.29) is 34.8 Å². The number of ether oxygens (including phenoxy) is 1. The number of fused-ring (bicyclic) bond motifs is 5. The summed E-state index contributed by atoms with van der Waals surface area (Å²) in [6, 6.07) is 4.78. The lowest BCUT2D eigenvalue weighted by molar-refractivity contribution is -0.104. The topological polar surface area (TPSA) is 110 Å². The summed E-state index contributed by atoms with van der Waals surface area (Å²) in [4.78, 5) is 24.3. The number of anilines is 1. The first-order valence-electron chi connectivity index (χ1n) is 11.5. The van der Waals surface area contributed by atoms with Gasteiger partial charge < -0.3 is 15.0 Å². The molecule has 4 aromatic rings. The number of tetrazole rings is 1. The zero-order valence-corrected chi connectivity index (χ0v) is 19.3. The molecule has 186 valence electrons. The molecule has 1 N–H and O–H groups in total. The van der Waals surface area contributed by atoms with E-state index in [2.05, 4.69) is 30.8 Å². The van der Waals surface area contributed by atoms with Gasteiger partial charge in [-0.1, -0.05) is 18.2 Å². The Morgan fingerprint density at radius 1 is 1.17 bits per heavy atom. The fraction of sp³-hybridized carbons (Fsp3) is 0.391. The molecule has 13 heteroatoms. The second-order valence-electron chi connectivity index (χ2n) is 9.04. The minimum atomic E-state index is -2.94. The first-order valence-corrected chi connectivity index (χ1v) is 11.5. The van der Waals surface area contributed by atoms with Crippen molar-refractivity contribution >= 4 is 28.4 Å². The third-order valence-corrected chi connectivity index (χ3v) is 6.77. The van der Waals surface area contributed by atoms with Gasteiger partial charge in [0.25, 0.3) is 12.3 Å². The van der Waals surface area contributed by atoms with Gasteiger partial charge in [0.2, 0.25) is 0 Å². The number of carbonyl (C=O) groups is 1. The van der Waals surface area contributed by atoms with E-state index in [0.29, 0.717) is 35.9 Å². The van der Waals surface area contributed by atoms with Gasteiger partial charge >= 0.3 is 0 Å². The van der Waals surface area contributed by atoms with Crippen LogP contribution in [0.2, 0.25) is 0 Å². The summed E-state index contributed by atoms with van der Waals surface area (Å²) in [5.41, 5.74) is 0.273. The van der Waals surface area contributed by atoms with E-state index in [1.165, 1.54) is 16.6 Å². The maximum atomic E-state index is 14.8. The van der Waals surface area contributed by atoms with E-state index in [1.807, 2.05) is 0 Å². The van der Waals surface area contributed by atoms with Crippen LogP contribution in [0.25, 0.3) is 16.7 Å². The molecule has 2 aliphatic heterocycles. The molecule has 2 aliphatic rings. The number of nitrogens with one attached hydrogen (secondary N) is 1. The summed E-state index contributed by atoms with van der Waals surface area (Å²) in [5.74, 6) is -0.529. The van der Waals surface area contributed by atoms with Crippen molar-refractivity contribution in [3.8, 4) is 0 Å². The Morgan fingerprint density at radius 3 is 2.64 bits per heavy atom. The fourth-order valence-electron chi connectivity index (χ4n) is 5.00. The average molecular weight is 498 g/mol. The van der Waals surface area contributed by atoms with E-state index in [4.69, 9.17) is 4.74 Å². The molecule has 5 heterocycles. The van der Waals surface area contributed by atoms with Crippen molar-refractivity contribution in [2.45, 2.75) is 44.8 Å². The predicted molar refractivity (Wildman–Crippen MR) is 121 cm³/mol. The highest BCUT2D eigenvalue weighted by molar-refractivity contribution is 6.05. The Morgan fingerprint density at radius 2 is 1.92 bits per heavy atom. The molecule has 2 saturated heterocycles. The lowest BCUT2D eigenvalue weighted by Gasteiger charge is -2.52. The second kappa shape index (κ2) is 8.36. The third kappa shape index (κ3) is 3.45. The number of rotatable bonds is 5. The summed E-state index contributed by atoms with van der Waals surface area (Å²) in [6.07, 6.45) is -2.05. The van der Waals surface area contributed by atoms with Gasteiger partial charge in [0, 0.05) is 5.56 Å². The van der Waals surface area contributed by atoms with Crippen molar-refractivity contribution in [3.63, 3.8) is 0 Å². The van der Waals surface area contributed by atoms with E-state index in [0.717, 1.165) is 12.5 Å². The fourth-order valence-corrected chi connectivity index (χ4v) is 5.00. The summed E-state index contributed by atoms with van der Waals surface area (Å²) in [6.45, 7) is 4.27. The molecule has 10 nitrogen and oxygen atoms in total. The standard InChI is InChI=1S/C23H21F3N8O2/c1-10(14-4-3-5-15(18(14)24)19(25)26)27-20-16-7-17(23(35)33-12-6-13(33)9-36-8-12)22-30-31-32-34(22)21(16)29-11(2)28-20/h3-5,7,10,12-13,19H,6,8-9H2,1-2H3,(H,27,28,29)/t10-,12?,13?/m1/s1. The van der Waals surface area contributed by atoms with Crippen LogP contribution >= 0.6 is 0 Å². The van der Waals surface area contributed by atoms with Crippen molar-refractivity contribution in [3.05, 3.63) is 52.6 Å². The van der Waals surface area contributed by atoms with Crippen molar-refractivity contribution in [1.29, 1.82) is 0 Å². The normalized spacial score (nSPS) is 20.1. The number of amides is 1. The first kappa shape index (κ1) is 22.6. The molecule has 0 saturated carbocycles. The van der Waals surface area contributed by atoms with Crippen LogP contribution in [-0.4, -0.2) is 66.1 Å². The monoisotopic (exact) mass is 498 g/mol. The van der Waals surface area contributed by atoms with Gasteiger partial charge in [-0.15, -0.1) is 5.10 Å². The Kier molecular flexibility index (Phi) is 5.25. The van der Waals surface area contributed by atoms with Gasteiger partial charge in [-0.3, -0.25) is 4.79 Å². The minimum absolute atomic E-state index is 0.000139. The van der Waals surface area contributed by atoms with Gasteiger partial charge in [0.05, 0.1) is 47.9 Å². The van der Waals surface area contributed by atoms with Crippen LogP contribution in [0.3, 0.4) is 0 Å². The molecule has 36 heavy (non-hydrogen) atoms. The summed E-state index contributed by atoms with van der Waals surface area (Å²) >= 11 is 0. The number of hydrogen-bond acceptors (Lipinski definition) is 8. The molecule has 0 aliphatic carbocycles. The number of aromatic nitrogens is 6. The highest BCUT2D eigenvalue weighted by Gasteiger charge is 2.46. The van der Waals surface area contributed by atoms with Crippen molar-refractivity contribution in [2.75, 3.05) is 18.5 Å². The van der Waals surface area contributed by atoms with E-state index < -0.39 is 23.8 Å². The third-order valence-electron chi connectivity index (χ3n) is 6.77. The molecule has 1 aromatic carbocycles. The number of morpholine rings is 1. The average Bonchev–Trinajstić information content (AvgIpc) is 3.34. The van der Waals surface area contributed by atoms with Crippen LogP contribution in [-0.2, 0) is 4.74 Å².